The molecule has 4 nitrogen and oxygen atoms in total. The third kappa shape index (κ3) is 2.47. The predicted octanol–water partition coefficient (Wildman–Crippen LogP) is 1.36. The molecule has 2 aliphatic rings. The third-order valence-electron chi connectivity index (χ3n) is 3.73. The number of amides is 1. The van der Waals surface area contributed by atoms with Crippen molar-refractivity contribution >= 4 is 5.91 Å². The Labute approximate surface area is 104 Å². The average Bonchev–Trinajstić information content (AvgIpc) is 2.88. The second-order valence-electron chi connectivity index (χ2n) is 5.46. The lowest BCUT2D eigenvalue weighted by Crippen LogP contribution is -2.47. The fourth-order valence-corrected chi connectivity index (χ4v) is 2.83. The molecule has 0 aromatic rings. The molecular formula is C13H24N2O2. The molecule has 1 amide bonds. The number of nitrogens with zero attached hydrogens (tertiary/aromatic N) is 1. The van der Waals surface area contributed by atoms with E-state index >= 15 is 0 Å². The fourth-order valence-electron chi connectivity index (χ4n) is 2.83. The van der Waals surface area contributed by atoms with Crippen LogP contribution in [0.2, 0.25) is 0 Å². The zero-order valence-corrected chi connectivity index (χ0v) is 11.1. The van der Waals surface area contributed by atoms with Crippen LogP contribution in [-0.2, 0) is 9.53 Å². The summed E-state index contributed by atoms with van der Waals surface area (Å²) in [7, 11) is 0. The molecular weight excluding hydrogens is 216 g/mol. The van der Waals surface area contributed by atoms with Crippen molar-refractivity contribution in [1.29, 1.82) is 0 Å². The first-order chi connectivity index (χ1) is 8.15. The van der Waals surface area contributed by atoms with Gasteiger partial charge in [-0.2, -0.15) is 0 Å². The molecule has 0 spiro atoms. The van der Waals surface area contributed by atoms with E-state index in [9.17, 15) is 4.79 Å². The minimum Gasteiger partial charge on any atom is -0.379 e. The maximum Gasteiger partial charge on any atom is 0.241 e. The average molecular weight is 240 g/mol. The van der Waals surface area contributed by atoms with Crippen LogP contribution in [0.25, 0.3) is 0 Å². The quantitative estimate of drug-likeness (QED) is 0.806. The van der Waals surface area contributed by atoms with Gasteiger partial charge in [-0.3, -0.25) is 10.1 Å². The first kappa shape index (κ1) is 12.8. The van der Waals surface area contributed by atoms with E-state index in [1.807, 2.05) is 0 Å². The first-order valence-corrected chi connectivity index (χ1v) is 6.81. The molecule has 4 heteroatoms. The summed E-state index contributed by atoms with van der Waals surface area (Å²) in [6.45, 7) is 7.96. The van der Waals surface area contributed by atoms with Gasteiger partial charge in [0, 0.05) is 6.61 Å². The van der Waals surface area contributed by atoms with Gasteiger partial charge < -0.3 is 9.64 Å². The Morgan fingerprint density at radius 1 is 1.53 bits per heavy atom. The van der Waals surface area contributed by atoms with Crippen LogP contribution in [0.15, 0.2) is 0 Å². The Bertz CT molecular complexity index is 275. The lowest BCUT2D eigenvalue weighted by atomic mass is 10.1. The third-order valence-corrected chi connectivity index (χ3v) is 3.73. The van der Waals surface area contributed by atoms with Crippen molar-refractivity contribution < 1.29 is 9.53 Å². The van der Waals surface area contributed by atoms with Crippen molar-refractivity contribution in [3.05, 3.63) is 0 Å². The SMILES string of the molecule is CCCC1NC(C(C)C)N(C2CCOC2)C1=O. The minimum absolute atomic E-state index is 0.0213. The molecule has 0 aromatic heterocycles. The van der Waals surface area contributed by atoms with Gasteiger partial charge in [-0.1, -0.05) is 27.2 Å². The molecule has 0 radical (unpaired) electrons. The number of rotatable bonds is 4. The summed E-state index contributed by atoms with van der Waals surface area (Å²) in [5.41, 5.74) is 0. The van der Waals surface area contributed by atoms with Gasteiger partial charge in [-0.15, -0.1) is 0 Å². The van der Waals surface area contributed by atoms with Gasteiger partial charge in [0.25, 0.3) is 0 Å². The first-order valence-electron chi connectivity index (χ1n) is 6.81. The lowest BCUT2D eigenvalue weighted by molar-refractivity contribution is -0.133. The molecule has 2 fully saturated rings. The van der Waals surface area contributed by atoms with E-state index in [2.05, 4.69) is 31.0 Å². The molecule has 0 bridgehead atoms. The van der Waals surface area contributed by atoms with Crippen LogP contribution in [0.1, 0.15) is 40.0 Å². The van der Waals surface area contributed by atoms with Crippen molar-refractivity contribution in [2.75, 3.05) is 13.2 Å². The molecule has 2 heterocycles. The zero-order chi connectivity index (χ0) is 12.4. The van der Waals surface area contributed by atoms with Crippen molar-refractivity contribution in [1.82, 2.24) is 10.2 Å². The van der Waals surface area contributed by atoms with Crippen molar-refractivity contribution in [2.45, 2.75) is 58.3 Å². The summed E-state index contributed by atoms with van der Waals surface area (Å²) < 4.78 is 5.42. The van der Waals surface area contributed by atoms with Gasteiger partial charge in [0.2, 0.25) is 5.91 Å². The highest BCUT2D eigenvalue weighted by Crippen LogP contribution is 2.26. The highest BCUT2D eigenvalue weighted by atomic mass is 16.5. The number of ether oxygens (including phenoxy) is 1. The maximum absolute atomic E-state index is 12.4. The van der Waals surface area contributed by atoms with E-state index in [0.717, 1.165) is 25.9 Å². The maximum atomic E-state index is 12.4. The summed E-state index contributed by atoms with van der Waals surface area (Å²) in [6.07, 6.45) is 3.15. The molecule has 2 rings (SSSR count). The summed E-state index contributed by atoms with van der Waals surface area (Å²) in [4.78, 5) is 14.5. The number of hydrogen-bond acceptors (Lipinski definition) is 3. The van der Waals surface area contributed by atoms with Gasteiger partial charge in [-0.25, -0.2) is 0 Å². The van der Waals surface area contributed by atoms with Crippen LogP contribution in [0.5, 0.6) is 0 Å². The van der Waals surface area contributed by atoms with Crippen molar-refractivity contribution in [3.63, 3.8) is 0 Å². The molecule has 2 saturated heterocycles. The number of carbonyl (C=O) groups excluding carboxylic acids is 1. The monoisotopic (exact) mass is 240 g/mol. The zero-order valence-electron chi connectivity index (χ0n) is 11.1. The van der Waals surface area contributed by atoms with E-state index in [1.54, 1.807) is 0 Å². The van der Waals surface area contributed by atoms with Crippen LogP contribution < -0.4 is 5.32 Å². The Hall–Kier alpha value is -0.610. The largest absolute Gasteiger partial charge is 0.379 e. The number of carbonyl (C=O) groups is 1. The minimum atomic E-state index is 0.0213. The van der Waals surface area contributed by atoms with Crippen LogP contribution >= 0.6 is 0 Å². The van der Waals surface area contributed by atoms with Crippen molar-refractivity contribution in [3.8, 4) is 0 Å². The topological polar surface area (TPSA) is 41.6 Å². The molecule has 0 aromatic carbocycles. The van der Waals surface area contributed by atoms with E-state index in [1.165, 1.54) is 0 Å². The van der Waals surface area contributed by atoms with E-state index in [4.69, 9.17) is 4.74 Å². The Morgan fingerprint density at radius 3 is 2.82 bits per heavy atom. The summed E-state index contributed by atoms with van der Waals surface area (Å²) in [6, 6.07) is 0.303. The summed E-state index contributed by atoms with van der Waals surface area (Å²) in [5.74, 6) is 0.724. The molecule has 0 saturated carbocycles. The Balaban J connectivity index is 2.11. The normalized spacial score (nSPS) is 34.0. The van der Waals surface area contributed by atoms with Crippen LogP contribution in [0.4, 0.5) is 0 Å². The van der Waals surface area contributed by atoms with Gasteiger partial charge in [0.1, 0.15) is 0 Å². The highest BCUT2D eigenvalue weighted by molar-refractivity contribution is 5.84. The van der Waals surface area contributed by atoms with Crippen LogP contribution in [-0.4, -0.2) is 42.3 Å². The van der Waals surface area contributed by atoms with E-state index in [-0.39, 0.29) is 24.2 Å². The number of nitrogens with one attached hydrogen (secondary N) is 1. The van der Waals surface area contributed by atoms with E-state index < -0.39 is 0 Å². The lowest BCUT2D eigenvalue weighted by Gasteiger charge is -2.31. The van der Waals surface area contributed by atoms with Gasteiger partial charge in [0.05, 0.1) is 24.9 Å². The van der Waals surface area contributed by atoms with Gasteiger partial charge >= 0.3 is 0 Å². The fraction of sp³-hybridized carbons (Fsp3) is 0.923. The molecule has 17 heavy (non-hydrogen) atoms. The molecule has 1 N–H and O–H groups in total. The molecule has 3 unspecified atom stereocenters. The van der Waals surface area contributed by atoms with E-state index in [0.29, 0.717) is 12.5 Å². The molecule has 0 aliphatic carbocycles. The Kier molecular flexibility index (Phi) is 4.05. The van der Waals surface area contributed by atoms with Gasteiger partial charge in [-0.05, 0) is 18.8 Å². The highest BCUT2D eigenvalue weighted by Gasteiger charge is 2.43. The van der Waals surface area contributed by atoms with Crippen LogP contribution in [0, 0.1) is 5.92 Å². The summed E-state index contributed by atoms with van der Waals surface area (Å²) >= 11 is 0. The number of hydrogen-bond donors (Lipinski definition) is 1. The second kappa shape index (κ2) is 5.36. The summed E-state index contributed by atoms with van der Waals surface area (Å²) in [5, 5.41) is 3.49. The molecule has 2 aliphatic heterocycles. The Morgan fingerprint density at radius 2 is 2.29 bits per heavy atom. The molecule has 98 valence electrons. The van der Waals surface area contributed by atoms with Crippen molar-refractivity contribution in [2.24, 2.45) is 5.92 Å². The smallest absolute Gasteiger partial charge is 0.241 e. The molecule has 3 atom stereocenters. The predicted molar refractivity (Wildman–Crippen MR) is 66.5 cm³/mol. The van der Waals surface area contributed by atoms with Gasteiger partial charge in [0.15, 0.2) is 0 Å². The van der Waals surface area contributed by atoms with Crippen LogP contribution in [0.3, 0.4) is 0 Å². The second-order valence-corrected chi connectivity index (χ2v) is 5.46. The standard InChI is InChI=1S/C13H24N2O2/c1-4-5-11-13(16)15(10-6-7-17-8-10)12(14-11)9(2)3/h9-12,14H,4-8H2,1-3H3.